The number of hydrogen-bond acceptors (Lipinski definition) is 8. The van der Waals surface area contributed by atoms with Crippen LogP contribution in [0.4, 0.5) is 5.82 Å². The SMILES string of the molecule is C[C@@H]1CN(c2ccc(-c3ncno3)cn2)C[C@H](C)N1CC(=O)N1CCc2nn(-c3ccccc3)cc2C1. The molecule has 0 spiro atoms. The number of hydrogen-bond donors (Lipinski definition) is 0. The van der Waals surface area contributed by atoms with Crippen molar-refractivity contribution >= 4 is 11.7 Å². The molecule has 0 aliphatic carbocycles. The van der Waals surface area contributed by atoms with Gasteiger partial charge in [-0.05, 0) is 38.1 Å². The van der Waals surface area contributed by atoms with Crippen LogP contribution in [0.5, 0.6) is 0 Å². The van der Waals surface area contributed by atoms with E-state index in [-0.39, 0.29) is 18.0 Å². The standard InChI is InChI=1S/C27H30N8O2/c1-19-13-33(25-9-8-21(12-28-25)27-29-18-30-37-27)14-20(2)34(19)17-26(36)32-11-10-24-22(15-32)16-35(31-24)23-6-4-3-5-7-23/h3-9,12,16,18-20H,10-11,13-15,17H2,1-2H3/t19-,20+. The van der Waals surface area contributed by atoms with Gasteiger partial charge in [0.25, 0.3) is 5.89 Å². The zero-order valence-corrected chi connectivity index (χ0v) is 21.1. The topological polar surface area (TPSA) is 96.4 Å². The maximum atomic E-state index is 13.4. The fourth-order valence-corrected chi connectivity index (χ4v) is 5.35. The van der Waals surface area contributed by atoms with Gasteiger partial charge in [-0.2, -0.15) is 10.1 Å². The number of carbonyl (C=O) groups is 1. The van der Waals surface area contributed by atoms with Crippen LogP contribution < -0.4 is 4.90 Å². The summed E-state index contributed by atoms with van der Waals surface area (Å²) in [5, 5.41) is 8.41. The van der Waals surface area contributed by atoms with Crippen LogP contribution in [-0.4, -0.2) is 78.9 Å². The second-order valence-electron chi connectivity index (χ2n) is 9.87. The van der Waals surface area contributed by atoms with Crippen LogP contribution in [-0.2, 0) is 17.8 Å². The first-order valence-electron chi connectivity index (χ1n) is 12.7. The quantitative estimate of drug-likeness (QED) is 0.415. The molecule has 0 radical (unpaired) electrons. The summed E-state index contributed by atoms with van der Waals surface area (Å²) in [6, 6.07) is 14.5. The number of fused-ring (bicyclic) bond motifs is 1. The van der Waals surface area contributed by atoms with Gasteiger partial charge in [0, 0.05) is 62.6 Å². The Morgan fingerprint density at radius 3 is 2.57 bits per heavy atom. The second-order valence-corrected chi connectivity index (χ2v) is 9.87. The van der Waals surface area contributed by atoms with Crippen molar-refractivity contribution in [3.63, 3.8) is 0 Å². The number of rotatable bonds is 5. The summed E-state index contributed by atoms with van der Waals surface area (Å²) in [6.07, 6.45) is 5.99. The Balaban J connectivity index is 1.08. The molecule has 4 aromatic rings. The third kappa shape index (κ3) is 4.72. The number of anilines is 1. The normalized spacial score (nSPS) is 20.2. The van der Waals surface area contributed by atoms with Crippen LogP contribution >= 0.6 is 0 Å². The predicted octanol–water partition coefficient (Wildman–Crippen LogP) is 2.80. The number of para-hydroxylation sites is 1. The lowest BCUT2D eigenvalue weighted by Gasteiger charge is -2.45. The Hall–Kier alpha value is -4.05. The van der Waals surface area contributed by atoms with Crippen molar-refractivity contribution in [1.29, 1.82) is 0 Å². The smallest absolute Gasteiger partial charge is 0.259 e. The first kappa shape index (κ1) is 23.4. The maximum absolute atomic E-state index is 13.4. The molecule has 0 saturated carbocycles. The summed E-state index contributed by atoms with van der Waals surface area (Å²) < 4.78 is 7.04. The minimum Gasteiger partial charge on any atom is -0.354 e. The van der Waals surface area contributed by atoms with Crippen LogP contribution in [0.25, 0.3) is 17.1 Å². The highest BCUT2D eigenvalue weighted by Gasteiger charge is 2.33. The lowest BCUT2D eigenvalue weighted by atomic mass is 10.1. The molecule has 10 nitrogen and oxygen atoms in total. The lowest BCUT2D eigenvalue weighted by molar-refractivity contribution is -0.134. The van der Waals surface area contributed by atoms with Crippen LogP contribution in [0.3, 0.4) is 0 Å². The molecule has 3 aromatic heterocycles. The van der Waals surface area contributed by atoms with E-state index in [1.807, 2.05) is 52.0 Å². The Morgan fingerprint density at radius 2 is 1.86 bits per heavy atom. The molecule has 6 rings (SSSR count). The summed E-state index contributed by atoms with van der Waals surface area (Å²) in [5.41, 5.74) is 4.05. The lowest BCUT2D eigenvalue weighted by Crippen LogP contribution is -2.59. The number of nitrogens with zero attached hydrogens (tertiary/aromatic N) is 8. The maximum Gasteiger partial charge on any atom is 0.259 e. The largest absolute Gasteiger partial charge is 0.354 e. The second kappa shape index (κ2) is 9.78. The average Bonchev–Trinajstić information content (AvgIpc) is 3.61. The third-order valence-corrected chi connectivity index (χ3v) is 7.33. The zero-order chi connectivity index (χ0) is 25.4. The molecule has 10 heteroatoms. The molecule has 2 atom stereocenters. The van der Waals surface area contributed by atoms with Gasteiger partial charge in [0.15, 0.2) is 6.33 Å². The van der Waals surface area contributed by atoms with E-state index < -0.39 is 0 Å². The highest BCUT2D eigenvalue weighted by Crippen LogP contribution is 2.25. The van der Waals surface area contributed by atoms with Gasteiger partial charge < -0.3 is 14.3 Å². The molecule has 190 valence electrons. The van der Waals surface area contributed by atoms with Crippen molar-refractivity contribution in [2.45, 2.75) is 38.9 Å². The Bertz CT molecular complexity index is 1340. The van der Waals surface area contributed by atoms with E-state index in [9.17, 15) is 4.79 Å². The molecule has 1 fully saturated rings. The summed E-state index contributed by atoms with van der Waals surface area (Å²) in [6.45, 7) is 7.71. The van der Waals surface area contributed by atoms with E-state index in [0.717, 1.165) is 47.8 Å². The van der Waals surface area contributed by atoms with Gasteiger partial charge >= 0.3 is 0 Å². The first-order valence-corrected chi connectivity index (χ1v) is 12.7. The van der Waals surface area contributed by atoms with Gasteiger partial charge in [-0.3, -0.25) is 9.69 Å². The monoisotopic (exact) mass is 498 g/mol. The number of piperazine rings is 1. The molecule has 2 aliphatic heterocycles. The third-order valence-electron chi connectivity index (χ3n) is 7.33. The van der Waals surface area contributed by atoms with Gasteiger partial charge in [0.2, 0.25) is 5.91 Å². The number of aromatic nitrogens is 5. The summed E-state index contributed by atoms with van der Waals surface area (Å²) in [7, 11) is 0. The number of pyridine rings is 1. The molecule has 1 aromatic carbocycles. The molecule has 0 N–H and O–H groups in total. The van der Waals surface area contributed by atoms with Crippen LogP contribution in [0, 0.1) is 0 Å². The van der Waals surface area contributed by atoms with Crippen LogP contribution in [0.1, 0.15) is 25.1 Å². The number of amides is 1. The summed E-state index contributed by atoms with van der Waals surface area (Å²) >= 11 is 0. The van der Waals surface area contributed by atoms with Crippen molar-refractivity contribution in [1.82, 2.24) is 34.7 Å². The van der Waals surface area contributed by atoms with E-state index >= 15 is 0 Å². The molecule has 37 heavy (non-hydrogen) atoms. The predicted molar refractivity (Wildman–Crippen MR) is 138 cm³/mol. The number of carbonyl (C=O) groups excluding carboxylic acids is 1. The Kier molecular flexibility index (Phi) is 6.17. The Labute approximate surface area is 215 Å². The van der Waals surface area contributed by atoms with E-state index in [0.29, 0.717) is 25.5 Å². The van der Waals surface area contributed by atoms with Crippen molar-refractivity contribution < 1.29 is 9.32 Å². The summed E-state index contributed by atoms with van der Waals surface area (Å²) in [5.74, 6) is 1.54. The average molecular weight is 499 g/mol. The highest BCUT2D eigenvalue weighted by atomic mass is 16.5. The minimum absolute atomic E-state index is 0.173. The van der Waals surface area contributed by atoms with Crippen molar-refractivity contribution in [2.75, 3.05) is 31.1 Å². The minimum atomic E-state index is 0.173. The van der Waals surface area contributed by atoms with Crippen LogP contribution in [0.2, 0.25) is 0 Å². The molecule has 1 amide bonds. The first-order chi connectivity index (χ1) is 18.0. The van der Waals surface area contributed by atoms with E-state index in [2.05, 4.69) is 45.0 Å². The Morgan fingerprint density at radius 1 is 1.05 bits per heavy atom. The van der Waals surface area contributed by atoms with E-state index in [4.69, 9.17) is 9.62 Å². The molecule has 2 aliphatic rings. The molecular weight excluding hydrogens is 468 g/mol. The fraction of sp³-hybridized carbons (Fsp3) is 0.370. The van der Waals surface area contributed by atoms with Gasteiger partial charge in [-0.25, -0.2) is 9.67 Å². The van der Waals surface area contributed by atoms with Crippen molar-refractivity contribution in [3.05, 3.63) is 72.4 Å². The molecular formula is C27H30N8O2. The van der Waals surface area contributed by atoms with Crippen molar-refractivity contribution in [3.8, 4) is 17.1 Å². The van der Waals surface area contributed by atoms with E-state index in [1.165, 1.54) is 6.33 Å². The zero-order valence-electron chi connectivity index (χ0n) is 21.1. The van der Waals surface area contributed by atoms with Gasteiger partial charge in [0.1, 0.15) is 5.82 Å². The van der Waals surface area contributed by atoms with Crippen LogP contribution in [0.15, 0.2) is 65.7 Å². The van der Waals surface area contributed by atoms with Crippen molar-refractivity contribution in [2.24, 2.45) is 0 Å². The molecule has 5 heterocycles. The summed E-state index contributed by atoms with van der Waals surface area (Å²) in [4.78, 5) is 28.6. The highest BCUT2D eigenvalue weighted by molar-refractivity contribution is 5.78. The van der Waals surface area contributed by atoms with Gasteiger partial charge in [-0.1, -0.05) is 23.4 Å². The number of benzene rings is 1. The van der Waals surface area contributed by atoms with Gasteiger partial charge in [0.05, 0.1) is 23.5 Å². The fourth-order valence-electron chi connectivity index (χ4n) is 5.35. The molecule has 0 bridgehead atoms. The molecule has 1 saturated heterocycles. The van der Waals surface area contributed by atoms with E-state index in [1.54, 1.807) is 6.20 Å². The van der Waals surface area contributed by atoms with Gasteiger partial charge in [-0.15, -0.1) is 0 Å². The molecule has 0 unspecified atom stereocenters.